The Bertz CT molecular complexity index is 1380. The van der Waals surface area contributed by atoms with Crippen LogP contribution in [0, 0.1) is 17.5 Å². The normalized spacial score (nSPS) is 10.7. The minimum absolute atomic E-state index is 0.0173. The molecule has 4 aromatic rings. The lowest BCUT2D eigenvalue weighted by molar-refractivity contribution is 0.0518. The maximum absolute atomic E-state index is 14.5. The monoisotopic (exact) mass is 465 g/mol. The minimum Gasteiger partial charge on any atom is -0.461 e. The zero-order valence-corrected chi connectivity index (χ0v) is 17.9. The predicted octanol–water partition coefficient (Wildman–Crippen LogP) is 5.39. The molecule has 0 spiro atoms. The molecule has 1 N–H and O–H groups in total. The molecule has 34 heavy (non-hydrogen) atoms. The van der Waals surface area contributed by atoms with Gasteiger partial charge in [0.15, 0.2) is 17.3 Å². The maximum atomic E-state index is 14.5. The largest absolute Gasteiger partial charge is 0.461 e. The molecule has 0 aliphatic rings. The second kappa shape index (κ2) is 9.62. The minimum atomic E-state index is -1.14. The van der Waals surface area contributed by atoms with E-state index >= 15 is 0 Å². The first-order chi connectivity index (χ1) is 16.4. The fourth-order valence-electron chi connectivity index (χ4n) is 3.30. The van der Waals surface area contributed by atoms with Crippen molar-refractivity contribution in [3.63, 3.8) is 0 Å². The van der Waals surface area contributed by atoms with E-state index in [1.165, 1.54) is 28.9 Å². The van der Waals surface area contributed by atoms with E-state index in [0.717, 1.165) is 18.2 Å². The summed E-state index contributed by atoms with van der Waals surface area (Å²) in [4.78, 5) is 24.8. The SMILES string of the molecule is CCOC(=O)c1cc(-c2cccc(NC(=O)c3ccc(F)c(F)c3)c2)n(-c2ccccc2F)n1. The maximum Gasteiger partial charge on any atom is 0.358 e. The summed E-state index contributed by atoms with van der Waals surface area (Å²) in [6, 6.07) is 16.7. The van der Waals surface area contributed by atoms with Crippen molar-refractivity contribution in [2.24, 2.45) is 0 Å². The molecule has 0 saturated carbocycles. The number of nitrogens with one attached hydrogen (secondary N) is 1. The number of esters is 1. The zero-order valence-electron chi connectivity index (χ0n) is 17.9. The molecule has 0 aliphatic heterocycles. The van der Waals surface area contributed by atoms with E-state index < -0.39 is 29.3 Å². The highest BCUT2D eigenvalue weighted by molar-refractivity contribution is 6.04. The summed E-state index contributed by atoms with van der Waals surface area (Å²) in [5, 5.41) is 6.84. The van der Waals surface area contributed by atoms with Crippen molar-refractivity contribution >= 4 is 17.6 Å². The van der Waals surface area contributed by atoms with Crippen LogP contribution >= 0.6 is 0 Å². The average molecular weight is 465 g/mol. The third-order valence-electron chi connectivity index (χ3n) is 4.87. The highest BCUT2D eigenvalue weighted by Gasteiger charge is 2.20. The third kappa shape index (κ3) is 4.68. The van der Waals surface area contributed by atoms with Crippen molar-refractivity contribution in [1.29, 1.82) is 0 Å². The van der Waals surface area contributed by atoms with Gasteiger partial charge in [-0.3, -0.25) is 4.79 Å². The first-order valence-electron chi connectivity index (χ1n) is 10.3. The molecule has 3 aromatic carbocycles. The molecule has 0 fully saturated rings. The number of nitrogens with zero attached hydrogens (tertiary/aromatic N) is 2. The predicted molar refractivity (Wildman–Crippen MR) is 119 cm³/mol. The van der Waals surface area contributed by atoms with Crippen molar-refractivity contribution in [1.82, 2.24) is 9.78 Å². The molecule has 0 radical (unpaired) electrons. The molecular formula is C25H18F3N3O3. The number of rotatable bonds is 6. The number of aromatic nitrogens is 2. The van der Waals surface area contributed by atoms with Crippen LogP contribution in [-0.4, -0.2) is 28.3 Å². The Morgan fingerprint density at radius 2 is 1.71 bits per heavy atom. The summed E-state index contributed by atoms with van der Waals surface area (Å²) >= 11 is 0. The fraction of sp³-hybridized carbons (Fsp3) is 0.0800. The van der Waals surface area contributed by atoms with Crippen LogP contribution in [0.5, 0.6) is 0 Å². The summed E-state index contributed by atoms with van der Waals surface area (Å²) < 4.78 is 47.5. The number of anilines is 1. The molecule has 172 valence electrons. The van der Waals surface area contributed by atoms with E-state index in [4.69, 9.17) is 4.74 Å². The Labute approximate surface area is 192 Å². The molecular weight excluding hydrogens is 447 g/mol. The van der Waals surface area contributed by atoms with Gasteiger partial charge in [-0.15, -0.1) is 0 Å². The summed E-state index contributed by atoms with van der Waals surface area (Å²) in [6.07, 6.45) is 0. The Morgan fingerprint density at radius 3 is 2.44 bits per heavy atom. The lowest BCUT2D eigenvalue weighted by Gasteiger charge is -2.11. The Balaban J connectivity index is 1.72. The van der Waals surface area contributed by atoms with E-state index in [1.807, 2.05) is 0 Å². The highest BCUT2D eigenvalue weighted by Crippen LogP contribution is 2.28. The topological polar surface area (TPSA) is 73.2 Å². The number of carbonyl (C=O) groups excluding carboxylic acids is 2. The zero-order chi connectivity index (χ0) is 24.2. The van der Waals surface area contributed by atoms with Gasteiger partial charge in [-0.25, -0.2) is 22.6 Å². The molecule has 6 nitrogen and oxygen atoms in total. The fourth-order valence-corrected chi connectivity index (χ4v) is 3.30. The van der Waals surface area contributed by atoms with Crippen LogP contribution in [-0.2, 0) is 4.74 Å². The lowest BCUT2D eigenvalue weighted by atomic mass is 10.1. The molecule has 0 atom stereocenters. The van der Waals surface area contributed by atoms with Gasteiger partial charge >= 0.3 is 5.97 Å². The number of carbonyl (C=O) groups is 2. The molecule has 1 amide bonds. The third-order valence-corrected chi connectivity index (χ3v) is 4.87. The molecule has 0 unspecified atom stereocenters. The van der Waals surface area contributed by atoms with Crippen molar-refractivity contribution in [3.8, 4) is 16.9 Å². The van der Waals surface area contributed by atoms with E-state index in [9.17, 15) is 22.8 Å². The molecule has 9 heteroatoms. The van der Waals surface area contributed by atoms with Crippen LogP contribution in [0.1, 0.15) is 27.8 Å². The standard InChI is InChI=1S/C25H18F3N3O3/c1-2-34-25(33)21-14-23(31(30-21)22-9-4-3-8-19(22)27)15-6-5-7-17(12-15)29-24(32)16-10-11-18(26)20(28)13-16/h3-14H,2H2,1H3,(H,29,32). The van der Waals surface area contributed by atoms with Crippen molar-refractivity contribution < 1.29 is 27.5 Å². The summed E-state index contributed by atoms with van der Waals surface area (Å²) in [7, 11) is 0. The van der Waals surface area contributed by atoms with Gasteiger partial charge in [0.1, 0.15) is 11.5 Å². The first-order valence-corrected chi connectivity index (χ1v) is 10.3. The second-order valence-electron chi connectivity index (χ2n) is 7.16. The molecule has 1 heterocycles. The Morgan fingerprint density at radius 1 is 0.912 bits per heavy atom. The van der Waals surface area contributed by atoms with Gasteiger partial charge in [-0.05, 0) is 55.5 Å². The van der Waals surface area contributed by atoms with Crippen LogP contribution < -0.4 is 5.32 Å². The summed E-state index contributed by atoms with van der Waals surface area (Å²) in [6.45, 7) is 1.80. The number of para-hydroxylation sites is 1. The van der Waals surface area contributed by atoms with Crippen molar-refractivity contribution in [2.75, 3.05) is 11.9 Å². The smallest absolute Gasteiger partial charge is 0.358 e. The average Bonchev–Trinajstić information content (AvgIpc) is 3.27. The van der Waals surface area contributed by atoms with Crippen molar-refractivity contribution in [3.05, 3.63) is 102 Å². The lowest BCUT2D eigenvalue weighted by Crippen LogP contribution is -2.12. The number of halogens is 3. The highest BCUT2D eigenvalue weighted by atomic mass is 19.2. The number of hydrogen-bond donors (Lipinski definition) is 1. The van der Waals surface area contributed by atoms with Crippen LogP contribution in [0.3, 0.4) is 0 Å². The first kappa shape index (κ1) is 22.8. The van der Waals surface area contributed by atoms with Crippen LogP contribution in [0.15, 0.2) is 72.8 Å². The van der Waals surface area contributed by atoms with Gasteiger partial charge in [0.05, 0.1) is 12.3 Å². The van der Waals surface area contributed by atoms with E-state index in [1.54, 1.807) is 37.3 Å². The molecule has 0 saturated heterocycles. The van der Waals surface area contributed by atoms with Gasteiger partial charge in [0.2, 0.25) is 0 Å². The van der Waals surface area contributed by atoms with Gasteiger partial charge in [0, 0.05) is 16.8 Å². The summed E-state index contributed by atoms with van der Waals surface area (Å²) in [5.74, 6) is -4.06. The number of amides is 1. The molecule has 0 bridgehead atoms. The van der Waals surface area contributed by atoms with Gasteiger partial charge in [-0.2, -0.15) is 5.10 Å². The van der Waals surface area contributed by atoms with Crippen LogP contribution in [0.25, 0.3) is 16.9 Å². The molecule has 4 rings (SSSR count). The van der Waals surface area contributed by atoms with E-state index in [0.29, 0.717) is 16.9 Å². The van der Waals surface area contributed by atoms with Crippen LogP contribution in [0.4, 0.5) is 18.9 Å². The van der Waals surface area contributed by atoms with Gasteiger partial charge < -0.3 is 10.1 Å². The van der Waals surface area contributed by atoms with Crippen LogP contribution in [0.2, 0.25) is 0 Å². The number of hydrogen-bond acceptors (Lipinski definition) is 4. The molecule has 1 aromatic heterocycles. The van der Waals surface area contributed by atoms with Crippen molar-refractivity contribution in [2.45, 2.75) is 6.92 Å². The number of benzene rings is 3. The van der Waals surface area contributed by atoms with Gasteiger partial charge in [-0.1, -0.05) is 24.3 Å². The van der Waals surface area contributed by atoms with E-state index in [-0.39, 0.29) is 23.6 Å². The quantitative estimate of drug-likeness (QED) is 0.388. The Kier molecular flexibility index (Phi) is 6.44. The molecule has 0 aliphatic carbocycles. The van der Waals surface area contributed by atoms with E-state index in [2.05, 4.69) is 10.4 Å². The number of ether oxygens (including phenoxy) is 1. The summed E-state index contributed by atoms with van der Waals surface area (Å²) in [5.41, 5.74) is 1.25. The van der Waals surface area contributed by atoms with Gasteiger partial charge in [0.25, 0.3) is 5.91 Å². The second-order valence-corrected chi connectivity index (χ2v) is 7.16. The Hall–Kier alpha value is -4.40.